The van der Waals surface area contributed by atoms with Crippen molar-refractivity contribution in [3.05, 3.63) is 77.1 Å². The molecule has 0 saturated heterocycles. The molecule has 0 aliphatic heterocycles. The van der Waals surface area contributed by atoms with E-state index in [-0.39, 0.29) is 17.0 Å². The summed E-state index contributed by atoms with van der Waals surface area (Å²) in [6.45, 7) is 5.75. The van der Waals surface area contributed by atoms with Gasteiger partial charge in [-0.1, -0.05) is 12.1 Å². The fourth-order valence-corrected chi connectivity index (χ4v) is 4.20. The van der Waals surface area contributed by atoms with E-state index in [9.17, 15) is 18.0 Å². The first kappa shape index (κ1) is 25.0. The van der Waals surface area contributed by atoms with Gasteiger partial charge in [0, 0.05) is 29.7 Å². The molecule has 0 fully saturated rings. The van der Waals surface area contributed by atoms with Crippen molar-refractivity contribution in [3.63, 3.8) is 0 Å². The number of aromatic nitrogens is 1. The zero-order valence-corrected chi connectivity index (χ0v) is 20.7. The maximum absolute atomic E-state index is 12.9. The molecule has 0 aliphatic rings. The molecule has 3 rings (SSSR count). The highest BCUT2D eigenvalue weighted by Crippen LogP contribution is 2.25. The van der Waals surface area contributed by atoms with E-state index in [0.29, 0.717) is 12.2 Å². The number of carbonyl (C=O) groups is 2. The summed E-state index contributed by atoms with van der Waals surface area (Å²) >= 11 is 0. The fraction of sp³-hybridized carbons (Fsp3) is 0.280. The van der Waals surface area contributed by atoms with Crippen molar-refractivity contribution in [1.82, 2.24) is 4.57 Å². The standard InChI is InChI=1S/C25H28N2O6S/c1-6-32-20-13-11-19(12-14-20)27-17(2)15-22(18(27)3)24(28)16-33-25(29)21-9-7-8-10-23(21)26(4)34(5,30)31/h7-15H,6,16H2,1-5H3. The highest BCUT2D eigenvalue weighted by atomic mass is 32.2. The SMILES string of the molecule is CCOc1ccc(-n2c(C)cc(C(=O)COC(=O)c3ccccc3N(C)S(C)(=O)=O)c2C)cc1. The summed E-state index contributed by atoms with van der Waals surface area (Å²) < 4.78 is 37.5. The average molecular weight is 485 g/mol. The molecule has 0 spiro atoms. The number of hydrogen-bond donors (Lipinski definition) is 0. The van der Waals surface area contributed by atoms with Gasteiger partial charge in [0.15, 0.2) is 6.61 Å². The quantitative estimate of drug-likeness (QED) is 0.337. The molecule has 8 nitrogen and oxygen atoms in total. The van der Waals surface area contributed by atoms with Crippen molar-refractivity contribution < 1.29 is 27.5 Å². The molecule has 34 heavy (non-hydrogen) atoms. The Hall–Kier alpha value is -3.59. The minimum Gasteiger partial charge on any atom is -0.494 e. The third kappa shape index (κ3) is 5.31. The Morgan fingerprint density at radius 2 is 1.65 bits per heavy atom. The molecule has 1 heterocycles. The first-order valence-corrected chi connectivity index (χ1v) is 12.5. The summed E-state index contributed by atoms with van der Waals surface area (Å²) in [4.78, 5) is 25.6. The Kier molecular flexibility index (Phi) is 7.46. The Morgan fingerprint density at radius 3 is 2.26 bits per heavy atom. The minimum atomic E-state index is -3.58. The van der Waals surface area contributed by atoms with Crippen LogP contribution in [-0.2, 0) is 14.8 Å². The van der Waals surface area contributed by atoms with Crippen LogP contribution < -0.4 is 9.04 Å². The second kappa shape index (κ2) is 10.1. The van der Waals surface area contributed by atoms with Crippen molar-refractivity contribution >= 4 is 27.5 Å². The Balaban J connectivity index is 1.78. The van der Waals surface area contributed by atoms with Gasteiger partial charge >= 0.3 is 5.97 Å². The number of nitrogens with zero attached hydrogens (tertiary/aromatic N) is 2. The lowest BCUT2D eigenvalue weighted by Crippen LogP contribution is -2.27. The van der Waals surface area contributed by atoms with Gasteiger partial charge in [0.05, 0.1) is 24.1 Å². The highest BCUT2D eigenvalue weighted by molar-refractivity contribution is 7.92. The van der Waals surface area contributed by atoms with Crippen molar-refractivity contribution in [1.29, 1.82) is 0 Å². The summed E-state index contributed by atoms with van der Waals surface area (Å²) in [5.41, 5.74) is 3.14. The van der Waals surface area contributed by atoms with Gasteiger partial charge in [-0.25, -0.2) is 13.2 Å². The number of ketones is 1. The molecule has 0 saturated carbocycles. The second-order valence-corrected chi connectivity index (χ2v) is 9.81. The van der Waals surface area contributed by atoms with E-state index in [2.05, 4.69) is 0 Å². The number of hydrogen-bond acceptors (Lipinski definition) is 6. The summed E-state index contributed by atoms with van der Waals surface area (Å²) in [7, 11) is -2.23. The lowest BCUT2D eigenvalue weighted by molar-refractivity contribution is 0.0475. The van der Waals surface area contributed by atoms with Crippen LogP contribution in [0.15, 0.2) is 54.6 Å². The number of rotatable bonds is 9. The number of carbonyl (C=O) groups excluding carboxylic acids is 2. The molecular formula is C25H28N2O6S. The molecule has 0 atom stereocenters. The van der Waals surface area contributed by atoms with Crippen LogP contribution in [-0.4, -0.2) is 51.3 Å². The fourth-order valence-electron chi connectivity index (χ4n) is 3.69. The molecule has 0 unspecified atom stereocenters. The van der Waals surface area contributed by atoms with Gasteiger partial charge in [0.2, 0.25) is 15.8 Å². The predicted octanol–water partition coefficient (Wildman–Crippen LogP) is 3.93. The smallest absolute Gasteiger partial charge is 0.340 e. The van der Waals surface area contributed by atoms with E-state index in [0.717, 1.165) is 33.4 Å². The van der Waals surface area contributed by atoms with Gasteiger partial charge in [0.1, 0.15) is 5.75 Å². The number of anilines is 1. The van der Waals surface area contributed by atoms with Crippen molar-refractivity contribution in [2.75, 3.05) is 30.8 Å². The predicted molar refractivity (Wildman–Crippen MR) is 131 cm³/mol. The van der Waals surface area contributed by atoms with E-state index in [1.165, 1.54) is 19.2 Å². The number of esters is 1. The van der Waals surface area contributed by atoms with E-state index in [1.54, 1.807) is 18.2 Å². The van der Waals surface area contributed by atoms with E-state index < -0.39 is 22.6 Å². The summed E-state index contributed by atoms with van der Waals surface area (Å²) in [6.07, 6.45) is 1.04. The minimum absolute atomic E-state index is 0.0584. The van der Waals surface area contributed by atoms with Gasteiger partial charge in [-0.05, 0) is 63.2 Å². The number of sulfonamides is 1. The summed E-state index contributed by atoms with van der Waals surface area (Å²) in [5, 5.41) is 0. The zero-order chi connectivity index (χ0) is 25.0. The first-order valence-electron chi connectivity index (χ1n) is 10.7. The molecule has 0 aliphatic carbocycles. The van der Waals surface area contributed by atoms with E-state index in [4.69, 9.17) is 9.47 Å². The van der Waals surface area contributed by atoms with Gasteiger partial charge in [-0.3, -0.25) is 9.10 Å². The number of ether oxygens (including phenoxy) is 2. The van der Waals surface area contributed by atoms with Crippen molar-refractivity contribution in [2.45, 2.75) is 20.8 Å². The van der Waals surface area contributed by atoms with Gasteiger partial charge < -0.3 is 14.0 Å². The third-order valence-electron chi connectivity index (χ3n) is 5.43. The molecule has 0 radical (unpaired) electrons. The van der Waals surface area contributed by atoms with E-state index in [1.807, 2.05) is 49.6 Å². The van der Waals surface area contributed by atoms with Crippen LogP contribution in [0.4, 0.5) is 5.69 Å². The van der Waals surface area contributed by atoms with Gasteiger partial charge in [-0.15, -0.1) is 0 Å². The van der Waals surface area contributed by atoms with E-state index >= 15 is 0 Å². The first-order chi connectivity index (χ1) is 16.0. The number of para-hydroxylation sites is 1. The van der Waals surface area contributed by atoms with Gasteiger partial charge in [-0.2, -0.15) is 0 Å². The monoisotopic (exact) mass is 484 g/mol. The summed E-state index contributed by atoms with van der Waals surface area (Å²) in [5.74, 6) is -0.369. The van der Waals surface area contributed by atoms with Crippen molar-refractivity contribution in [3.8, 4) is 11.4 Å². The number of Topliss-reactive ketones (excluding diaryl/α,β-unsaturated/α-hetero) is 1. The van der Waals surface area contributed by atoms with Crippen molar-refractivity contribution in [2.24, 2.45) is 0 Å². The molecule has 0 amide bonds. The highest BCUT2D eigenvalue weighted by Gasteiger charge is 2.22. The molecule has 9 heteroatoms. The van der Waals surface area contributed by atoms with Crippen LogP contribution in [0.3, 0.4) is 0 Å². The average Bonchev–Trinajstić information content (AvgIpc) is 3.10. The largest absolute Gasteiger partial charge is 0.494 e. The Morgan fingerprint density at radius 1 is 1.00 bits per heavy atom. The Bertz CT molecular complexity index is 1310. The molecule has 0 bridgehead atoms. The molecule has 2 aromatic carbocycles. The lowest BCUT2D eigenvalue weighted by atomic mass is 10.1. The van der Waals surface area contributed by atoms with Crippen LogP contribution in [0, 0.1) is 13.8 Å². The second-order valence-electron chi connectivity index (χ2n) is 7.79. The number of benzene rings is 2. The number of aryl methyl sites for hydroxylation is 1. The van der Waals surface area contributed by atoms with Crippen LogP contribution in [0.2, 0.25) is 0 Å². The third-order valence-corrected chi connectivity index (χ3v) is 6.62. The normalized spacial score (nSPS) is 11.2. The summed E-state index contributed by atoms with van der Waals surface area (Å²) in [6, 6.07) is 15.5. The molecule has 3 aromatic rings. The zero-order valence-electron chi connectivity index (χ0n) is 19.9. The lowest BCUT2D eigenvalue weighted by Gasteiger charge is -2.19. The molecule has 1 aromatic heterocycles. The van der Waals surface area contributed by atoms with Crippen LogP contribution >= 0.6 is 0 Å². The molecule has 180 valence electrons. The topological polar surface area (TPSA) is 94.9 Å². The maximum Gasteiger partial charge on any atom is 0.340 e. The van der Waals surface area contributed by atoms with Gasteiger partial charge in [0.25, 0.3) is 0 Å². The van der Waals surface area contributed by atoms with Crippen LogP contribution in [0.5, 0.6) is 5.75 Å². The maximum atomic E-state index is 12.9. The van der Waals surface area contributed by atoms with Crippen LogP contribution in [0.1, 0.15) is 39.0 Å². The molecular weight excluding hydrogens is 456 g/mol. The van der Waals surface area contributed by atoms with Crippen LogP contribution in [0.25, 0.3) is 5.69 Å². The Labute approximate surface area is 199 Å². The molecule has 0 N–H and O–H groups in total.